The van der Waals surface area contributed by atoms with Gasteiger partial charge in [-0.15, -0.1) is 0 Å². The number of carbonyl (C=O) groups excluding carboxylic acids is 1. The van der Waals surface area contributed by atoms with Crippen molar-refractivity contribution in [2.24, 2.45) is 0 Å². The minimum absolute atomic E-state index is 0. The first kappa shape index (κ1) is 15.2. The zero-order valence-electron chi connectivity index (χ0n) is 10.4. The molecule has 1 aromatic heterocycles. The summed E-state index contributed by atoms with van der Waals surface area (Å²) in [5.41, 5.74) is 3.76. The van der Waals surface area contributed by atoms with Crippen LogP contribution in [0.25, 0.3) is 10.2 Å². The van der Waals surface area contributed by atoms with Gasteiger partial charge in [-0.1, -0.05) is 35.1 Å². The third kappa shape index (κ3) is 3.08. The second-order valence-corrected chi connectivity index (χ2v) is 5.57. The molecule has 0 fully saturated rings. The molecule has 3 aromatic rings. The van der Waals surface area contributed by atoms with Gasteiger partial charge in [-0.25, -0.2) is 0 Å². The maximum atomic E-state index is 12.2. The van der Waals surface area contributed by atoms with Gasteiger partial charge < -0.3 is 17.0 Å². The highest BCUT2D eigenvalue weighted by Crippen LogP contribution is 2.15. The molecule has 0 spiro atoms. The number of Topliss-reactive ketones (excluding diaryl/α,β-unsaturated/α-hetero) is 1. The van der Waals surface area contributed by atoms with E-state index in [0.29, 0.717) is 17.1 Å². The van der Waals surface area contributed by atoms with Crippen LogP contribution in [0.5, 0.6) is 0 Å². The number of aromatic nitrogens is 1. The fourth-order valence-electron chi connectivity index (χ4n) is 1.98. The lowest BCUT2D eigenvalue weighted by atomic mass is 10.1. The Hall–Kier alpha value is -1.23. The molecule has 0 amide bonds. The SMILES string of the molecule is O=C(C[n+]1csc2ccccc21)c1ccc(Cl)cc1.[Br-]. The number of nitrogens with zero attached hydrogens (tertiary/aromatic N) is 1. The van der Waals surface area contributed by atoms with E-state index in [9.17, 15) is 4.79 Å². The molecule has 5 heteroatoms. The van der Waals surface area contributed by atoms with E-state index in [-0.39, 0.29) is 22.8 Å². The first-order valence-electron chi connectivity index (χ1n) is 5.88. The lowest BCUT2D eigenvalue weighted by Gasteiger charge is -1.97. The quantitative estimate of drug-likeness (QED) is 0.493. The molecule has 0 saturated carbocycles. The summed E-state index contributed by atoms with van der Waals surface area (Å²) in [5, 5.41) is 0.644. The van der Waals surface area contributed by atoms with Crippen molar-refractivity contribution < 1.29 is 26.3 Å². The Morgan fingerprint density at radius 1 is 1.10 bits per heavy atom. The van der Waals surface area contributed by atoms with E-state index in [1.54, 1.807) is 35.6 Å². The van der Waals surface area contributed by atoms with Crippen molar-refractivity contribution >= 4 is 38.9 Å². The predicted molar refractivity (Wildman–Crippen MR) is 77.8 cm³/mol. The number of halogens is 2. The molecule has 0 saturated heterocycles. The monoisotopic (exact) mass is 367 g/mol. The summed E-state index contributed by atoms with van der Waals surface area (Å²) in [6.45, 7) is 0.353. The summed E-state index contributed by atoms with van der Waals surface area (Å²) in [5.74, 6) is 0.0882. The van der Waals surface area contributed by atoms with Gasteiger partial charge in [-0.05, 0) is 30.3 Å². The molecular weight excluding hydrogens is 358 g/mol. The molecule has 0 aliphatic heterocycles. The summed E-state index contributed by atoms with van der Waals surface area (Å²) < 4.78 is 3.17. The summed E-state index contributed by atoms with van der Waals surface area (Å²) in [6.07, 6.45) is 0. The number of fused-ring (bicyclic) bond motifs is 1. The number of hydrogen-bond donors (Lipinski definition) is 0. The van der Waals surface area contributed by atoms with Gasteiger partial charge in [0.2, 0.25) is 23.4 Å². The van der Waals surface area contributed by atoms with Crippen molar-refractivity contribution in [2.45, 2.75) is 6.54 Å². The van der Waals surface area contributed by atoms with Crippen LogP contribution in [-0.2, 0) is 6.54 Å². The molecule has 1 heterocycles. The molecule has 20 heavy (non-hydrogen) atoms. The second kappa shape index (κ2) is 6.48. The van der Waals surface area contributed by atoms with Crippen molar-refractivity contribution in [3.05, 3.63) is 64.6 Å². The highest BCUT2D eigenvalue weighted by molar-refractivity contribution is 7.16. The van der Waals surface area contributed by atoms with E-state index in [4.69, 9.17) is 11.6 Å². The van der Waals surface area contributed by atoms with Gasteiger partial charge in [0.05, 0.1) is 0 Å². The van der Waals surface area contributed by atoms with Crippen LogP contribution in [0, 0.1) is 0 Å². The highest BCUT2D eigenvalue weighted by Gasteiger charge is 2.16. The second-order valence-electron chi connectivity index (χ2n) is 4.25. The molecule has 102 valence electrons. The Bertz CT molecular complexity index is 739. The third-order valence-electron chi connectivity index (χ3n) is 2.96. The summed E-state index contributed by atoms with van der Waals surface area (Å²) in [4.78, 5) is 12.2. The molecule has 2 aromatic carbocycles. The Balaban J connectivity index is 0.00000147. The molecule has 0 radical (unpaired) electrons. The molecule has 0 unspecified atom stereocenters. The number of benzene rings is 2. The van der Waals surface area contributed by atoms with Crippen LogP contribution in [0.3, 0.4) is 0 Å². The number of rotatable bonds is 3. The molecule has 2 nitrogen and oxygen atoms in total. The average molecular weight is 369 g/mol. The highest BCUT2D eigenvalue weighted by atomic mass is 79.9. The largest absolute Gasteiger partial charge is 1.00 e. The van der Waals surface area contributed by atoms with Crippen LogP contribution in [0.1, 0.15) is 10.4 Å². The zero-order chi connectivity index (χ0) is 13.2. The predicted octanol–water partition coefficient (Wildman–Crippen LogP) is 0.729. The first-order chi connectivity index (χ1) is 9.24. The van der Waals surface area contributed by atoms with E-state index >= 15 is 0 Å². The maximum Gasteiger partial charge on any atom is 0.227 e. The van der Waals surface area contributed by atoms with Crippen molar-refractivity contribution in [3.63, 3.8) is 0 Å². The first-order valence-corrected chi connectivity index (χ1v) is 7.14. The molecule has 0 bridgehead atoms. The number of para-hydroxylation sites is 1. The van der Waals surface area contributed by atoms with Gasteiger partial charge >= 0.3 is 0 Å². The number of thiazole rings is 1. The lowest BCUT2D eigenvalue weighted by Crippen LogP contribution is -3.00. The van der Waals surface area contributed by atoms with Crippen LogP contribution in [0.2, 0.25) is 5.02 Å². The van der Waals surface area contributed by atoms with Gasteiger partial charge in [-0.2, -0.15) is 4.57 Å². The Morgan fingerprint density at radius 3 is 2.55 bits per heavy atom. The Morgan fingerprint density at radius 2 is 1.80 bits per heavy atom. The fourth-order valence-corrected chi connectivity index (χ4v) is 2.99. The van der Waals surface area contributed by atoms with Crippen LogP contribution >= 0.6 is 22.9 Å². The van der Waals surface area contributed by atoms with E-state index < -0.39 is 0 Å². The van der Waals surface area contributed by atoms with E-state index in [0.717, 1.165) is 5.52 Å². The molecule has 0 aliphatic carbocycles. The van der Waals surface area contributed by atoms with Crippen LogP contribution in [-0.4, -0.2) is 5.78 Å². The normalized spacial score (nSPS) is 10.2. The van der Waals surface area contributed by atoms with Gasteiger partial charge in [-0.3, -0.25) is 4.79 Å². The number of hydrogen-bond acceptors (Lipinski definition) is 2. The maximum absolute atomic E-state index is 12.2. The van der Waals surface area contributed by atoms with E-state index in [2.05, 4.69) is 6.07 Å². The van der Waals surface area contributed by atoms with Crippen molar-refractivity contribution in [2.75, 3.05) is 0 Å². The zero-order valence-corrected chi connectivity index (χ0v) is 13.6. The molecule has 0 N–H and O–H groups in total. The van der Waals surface area contributed by atoms with Crippen LogP contribution in [0.4, 0.5) is 0 Å². The average Bonchev–Trinajstić information content (AvgIpc) is 2.83. The summed E-state index contributed by atoms with van der Waals surface area (Å²) in [7, 11) is 0. The Labute approximate surface area is 136 Å². The van der Waals surface area contributed by atoms with Crippen molar-refractivity contribution in [1.29, 1.82) is 0 Å². The smallest absolute Gasteiger partial charge is 0.227 e. The van der Waals surface area contributed by atoms with Gasteiger partial charge in [0.25, 0.3) is 0 Å². The lowest BCUT2D eigenvalue weighted by molar-refractivity contribution is -0.652. The summed E-state index contributed by atoms with van der Waals surface area (Å²) >= 11 is 7.47. The molecule has 3 rings (SSSR count). The van der Waals surface area contributed by atoms with Crippen molar-refractivity contribution in [1.82, 2.24) is 0 Å². The number of ketones is 1. The van der Waals surface area contributed by atoms with Gasteiger partial charge in [0.1, 0.15) is 4.70 Å². The summed E-state index contributed by atoms with van der Waals surface area (Å²) in [6, 6.07) is 15.1. The Kier molecular flexibility index (Phi) is 4.91. The van der Waals surface area contributed by atoms with Crippen LogP contribution in [0.15, 0.2) is 54.0 Å². The van der Waals surface area contributed by atoms with E-state index in [1.165, 1.54) is 4.70 Å². The standard InChI is InChI=1S/C15H11ClNOS.BrH/c16-12-7-5-11(6-8-12)14(18)9-17-10-19-15-4-2-1-3-13(15)17;/h1-8,10H,9H2;1H/q+1;/p-1. The molecule has 0 aliphatic rings. The topological polar surface area (TPSA) is 20.9 Å². The van der Waals surface area contributed by atoms with Crippen LogP contribution < -0.4 is 21.5 Å². The third-order valence-corrected chi connectivity index (χ3v) is 4.17. The van der Waals surface area contributed by atoms with Gasteiger partial charge in [0, 0.05) is 16.7 Å². The van der Waals surface area contributed by atoms with Gasteiger partial charge in [0.15, 0.2) is 0 Å². The molecule has 0 atom stereocenters. The number of carbonyl (C=O) groups is 1. The minimum Gasteiger partial charge on any atom is -1.00 e. The van der Waals surface area contributed by atoms with Crippen molar-refractivity contribution in [3.8, 4) is 0 Å². The molecular formula is C15H11BrClNOS. The fraction of sp³-hybridized carbons (Fsp3) is 0.0667. The minimum atomic E-state index is 0. The van der Waals surface area contributed by atoms with E-state index in [1.807, 2.05) is 28.3 Å².